The van der Waals surface area contributed by atoms with Crippen LogP contribution in [-0.2, 0) is 4.74 Å². The lowest BCUT2D eigenvalue weighted by atomic mass is 9.73. The van der Waals surface area contributed by atoms with Crippen LogP contribution in [0.3, 0.4) is 0 Å². The first kappa shape index (κ1) is 15.9. The van der Waals surface area contributed by atoms with E-state index in [0.717, 1.165) is 19.7 Å². The Morgan fingerprint density at radius 1 is 1.22 bits per heavy atom. The monoisotopic (exact) mass is 256 g/mol. The summed E-state index contributed by atoms with van der Waals surface area (Å²) in [4.78, 5) is 2.45. The van der Waals surface area contributed by atoms with E-state index >= 15 is 0 Å². The summed E-state index contributed by atoms with van der Waals surface area (Å²) in [6.45, 7) is 8.46. The summed E-state index contributed by atoms with van der Waals surface area (Å²) >= 11 is 0. The zero-order valence-corrected chi connectivity index (χ0v) is 12.8. The minimum Gasteiger partial charge on any atom is -0.377 e. The number of hydrogen-bond donors (Lipinski definition) is 1. The molecule has 1 N–H and O–H groups in total. The van der Waals surface area contributed by atoms with Crippen LogP contribution >= 0.6 is 0 Å². The predicted molar refractivity (Wildman–Crippen MR) is 78.0 cm³/mol. The minimum absolute atomic E-state index is 0.347. The van der Waals surface area contributed by atoms with Gasteiger partial charge in [-0.25, -0.2) is 0 Å². The molecule has 0 saturated heterocycles. The van der Waals surface area contributed by atoms with E-state index in [1.807, 2.05) is 0 Å². The lowest BCUT2D eigenvalue weighted by molar-refractivity contribution is 0.0480. The SMILES string of the molecule is CNCC1(CN(C)CCOC(C)C)CCCCC1. The second-order valence-electron chi connectivity index (χ2n) is 6.25. The molecule has 0 radical (unpaired) electrons. The van der Waals surface area contributed by atoms with Gasteiger partial charge in [-0.15, -0.1) is 0 Å². The van der Waals surface area contributed by atoms with E-state index in [-0.39, 0.29) is 0 Å². The largest absolute Gasteiger partial charge is 0.377 e. The highest BCUT2D eigenvalue weighted by Crippen LogP contribution is 2.36. The van der Waals surface area contributed by atoms with Crippen LogP contribution in [0.2, 0.25) is 0 Å². The summed E-state index contributed by atoms with van der Waals surface area (Å²) in [7, 11) is 4.31. The molecular weight excluding hydrogens is 224 g/mol. The van der Waals surface area contributed by atoms with E-state index in [9.17, 15) is 0 Å². The van der Waals surface area contributed by atoms with Gasteiger partial charge in [0.05, 0.1) is 12.7 Å². The topological polar surface area (TPSA) is 24.5 Å². The molecule has 1 fully saturated rings. The molecular formula is C15H32N2O. The molecule has 0 aromatic heterocycles. The normalized spacial score (nSPS) is 19.7. The van der Waals surface area contributed by atoms with Gasteiger partial charge in [-0.1, -0.05) is 19.3 Å². The molecule has 0 spiro atoms. The third-order valence-corrected chi connectivity index (χ3v) is 4.00. The Kier molecular flexibility index (Phi) is 7.20. The predicted octanol–water partition coefficient (Wildman–Crippen LogP) is 2.51. The summed E-state index contributed by atoms with van der Waals surface area (Å²) in [5.41, 5.74) is 0.500. The smallest absolute Gasteiger partial charge is 0.0596 e. The first-order valence-electron chi connectivity index (χ1n) is 7.53. The Bertz CT molecular complexity index is 207. The lowest BCUT2D eigenvalue weighted by Gasteiger charge is -2.40. The molecule has 0 aromatic carbocycles. The Morgan fingerprint density at radius 3 is 2.44 bits per heavy atom. The Balaban J connectivity index is 2.35. The van der Waals surface area contributed by atoms with Gasteiger partial charge >= 0.3 is 0 Å². The maximum atomic E-state index is 5.64. The number of nitrogens with zero attached hydrogens (tertiary/aromatic N) is 1. The van der Waals surface area contributed by atoms with Crippen molar-refractivity contribution in [3.8, 4) is 0 Å². The van der Waals surface area contributed by atoms with Gasteiger partial charge in [0.25, 0.3) is 0 Å². The van der Waals surface area contributed by atoms with Gasteiger partial charge in [0.1, 0.15) is 0 Å². The second-order valence-corrected chi connectivity index (χ2v) is 6.25. The van der Waals surface area contributed by atoms with Crippen LogP contribution < -0.4 is 5.32 Å². The van der Waals surface area contributed by atoms with Crippen molar-refractivity contribution in [2.45, 2.75) is 52.1 Å². The van der Waals surface area contributed by atoms with Crippen LogP contribution in [0.1, 0.15) is 46.0 Å². The second kappa shape index (κ2) is 8.13. The van der Waals surface area contributed by atoms with E-state index in [4.69, 9.17) is 4.74 Å². The summed E-state index contributed by atoms with van der Waals surface area (Å²) in [6, 6.07) is 0. The number of likely N-dealkylation sites (N-methyl/N-ethyl adjacent to an activating group) is 1. The quantitative estimate of drug-likeness (QED) is 0.722. The van der Waals surface area contributed by atoms with Crippen molar-refractivity contribution in [3.63, 3.8) is 0 Å². The highest BCUT2D eigenvalue weighted by molar-refractivity contribution is 4.86. The third kappa shape index (κ3) is 5.68. The van der Waals surface area contributed by atoms with E-state index < -0.39 is 0 Å². The molecule has 0 aromatic rings. The maximum Gasteiger partial charge on any atom is 0.0596 e. The average Bonchev–Trinajstić information content (AvgIpc) is 2.29. The minimum atomic E-state index is 0.347. The molecule has 1 aliphatic rings. The standard InChI is InChI=1S/C15H32N2O/c1-14(2)18-11-10-17(4)13-15(12-16-3)8-6-5-7-9-15/h14,16H,5-13H2,1-4H3. The number of ether oxygens (including phenoxy) is 1. The van der Waals surface area contributed by atoms with Gasteiger partial charge in [-0.05, 0) is 46.2 Å². The lowest BCUT2D eigenvalue weighted by Crippen LogP contribution is -2.44. The first-order chi connectivity index (χ1) is 8.58. The fourth-order valence-corrected chi connectivity index (χ4v) is 3.16. The third-order valence-electron chi connectivity index (χ3n) is 4.00. The van der Waals surface area contributed by atoms with Crippen molar-refractivity contribution in [2.24, 2.45) is 5.41 Å². The molecule has 1 aliphatic carbocycles. The van der Waals surface area contributed by atoms with Crippen molar-refractivity contribution in [3.05, 3.63) is 0 Å². The molecule has 0 heterocycles. The van der Waals surface area contributed by atoms with E-state index in [1.54, 1.807) is 0 Å². The molecule has 1 rings (SSSR count). The van der Waals surface area contributed by atoms with E-state index in [1.165, 1.54) is 38.6 Å². The molecule has 1 saturated carbocycles. The van der Waals surface area contributed by atoms with Gasteiger partial charge in [-0.2, -0.15) is 0 Å². The fourth-order valence-electron chi connectivity index (χ4n) is 3.16. The van der Waals surface area contributed by atoms with Crippen molar-refractivity contribution < 1.29 is 4.74 Å². The zero-order valence-electron chi connectivity index (χ0n) is 12.8. The highest BCUT2D eigenvalue weighted by atomic mass is 16.5. The van der Waals surface area contributed by atoms with Crippen LogP contribution in [0.4, 0.5) is 0 Å². The van der Waals surface area contributed by atoms with Crippen LogP contribution in [0.15, 0.2) is 0 Å². The number of rotatable bonds is 8. The van der Waals surface area contributed by atoms with Gasteiger partial charge < -0.3 is 15.0 Å². The molecule has 0 aliphatic heterocycles. The molecule has 0 atom stereocenters. The van der Waals surface area contributed by atoms with Gasteiger partial charge in [0.15, 0.2) is 0 Å². The van der Waals surface area contributed by atoms with Crippen molar-refractivity contribution in [1.29, 1.82) is 0 Å². The van der Waals surface area contributed by atoms with Gasteiger partial charge in [0, 0.05) is 19.6 Å². The van der Waals surface area contributed by atoms with E-state index in [0.29, 0.717) is 11.5 Å². The van der Waals surface area contributed by atoms with Crippen LogP contribution in [0.25, 0.3) is 0 Å². The molecule has 18 heavy (non-hydrogen) atoms. The summed E-state index contributed by atoms with van der Waals surface area (Å²) in [6.07, 6.45) is 7.33. The van der Waals surface area contributed by atoms with Gasteiger partial charge in [-0.3, -0.25) is 0 Å². The number of hydrogen-bond acceptors (Lipinski definition) is 3. The highest BCUT2D eigenvalue weighted by Gasteiger charge is 2.32. The molecule has 0 unspecified atom stereocenters. The Labute approximate surface area is 113 Å². The molecule has 3 nitrogen and oxygen atoms in total. The van der Waals surface area contributed by atoms with Crippen molar-refractivity contribution in [2.75, 3.05) is 40.3 Å². The van der Waals surface area contributed by atoms with Gasteiger partial charge in [0.2, 0.25) is 0 Å². The van der Waals surface area contributed by atoms with Crippen LogP contribution in [-0.4, -0.2) is 51.3 Å². The summed E-state index contributed by atoms with van der Waals surface area (Å²) in [5.74, 6) is 0. The van der Waals surface area contributed by atoms with Crippen molar-refractivity contribution in [1.82, 2.24) is 10.2 Å². The molecule has 0 bridgehead atoms. The number of nitrogens with one attached hydrogen (secondary N) is 1. The fraction of sp³-hybridized carbons (Fsp3) is 1.00. The van der Waals surface area contributed by atoms with Crippen molar-refractivity contribution >= 4 is 0 Å². The zero-order chi connectivity index (χ0) is 13.4. The average molecular weight is 256 g/mol. The summed E-state index contributed by atoms with van der Waals surface area (Å²) < 4.78 is 5.64. The molecule has 0 amide bonds. The molecule has 3 heteroatoms. The van der Waals surface area contributed by atoms with Crippen LogP contribution in [0, 0.1) is 5.41 Å². The summed E-state index contributed by atoms with van der Waals surface area (Å²) in [5, 5.41) is 3.40. The Hall–Kier alpha value is -0.120. The Morgan fingerprint density at radius 2 is 1.89 bits per heavy atom. The van der Waals surface area contributed by atoms with E-state index in [2.05, 4.69) is 38.2 Å². The maximum absolute atomic E-state index is 5.64. The molecule has 108 valence electrons. The first-order valence-corrected chi connectivity index (χ1v) is 7.53. The van der Waals surface area contributed by atoms with Crippen LogP contribution in [0.5, 0.6) is 0 Å².